The zero-order valence-corrected chi connectivity index (χ0v) is 19.5. The number of hydrogen-bond donors (Lipinski definition) is 2. The number of esters is 1. The summed E-state index contributed by atoms with van der Waals surface area (Å²) in [5.41, 5.74) is 2.60. The lowest BCUT2D eigenvalue weighted by Gasteiger charge is -2.16. The standard InChI is InChI=1S/C27H24N4O5/c1-35-26(34)20-9-7-19(8-10-20)22(16-25(32)33)23-13-15-29-27(31-23)36-21-11-5-18(6-12-21)17-30-24-4-2-3-14-28-24/h2-15,22H,16-17H2,1H3,(H,28,30)(H,32,33). The van der Waals surface area contributed by atoms with Gasteiger partial charge in [-0.1, -0.05) is 30.3 Å². The molecule has 2 heterocycles. The molecule has 2 aromatic carbocycles. The van der Waals surface area contributed by atoms with Gasteiger partial charge in [0.25, 0.3) is 0 Å². The molecule has 36 heavy (non-hydrogen) atoms. The average molecular weight is 485 g/mol. The van der Waals surface area contributed by atoms with Crippen molar-refractivity contribution in [1.82, 2.24) is 15.0 Å². The first kappa shape index (κ1) is 24.3. The van der Waals surface area contributed by atoms with Gasteiger partial charge < -0.3 is 19.9 Å². The summed E-state index contributed by atoms with van der Waals surface area (Å²) in [6.45, 7) is 0.606. The highest BCUT2D eigenvalue weighted by molar-refractivity contribution is 5.89. The second-order valence-electron chi connectivity index (χ2n) is 7.84. The Hall–Kier alpha value is -4.79. The largest absolute Gasteiger partial charge is 0.481 e. The summed E-state index contributed by atoms with van der Waals surface area (Å²) in [7, 11) is 1.30. The fourth-order valence-electron chi connectivity index (χ4n) is 3.58. The number of nitrogens with zero attached hydrogens (tertiary/aromatic N) is 3. The number of rotatable bonds is 10. The van der Waals surface area contributed by atoms with Gasteiger partial charge in [0.05, 0.1) is 24.8 Å². The summed E-state index contributed by atoms with van der Waals surface area (Å²) >= 11 is 0. The van der Waals surface area contributed by atoms with Gasteiger partial charge in [0.15, 0.2) is 0 Å². The molecule has 0 bridgehead atoms. The first-order valence-corrected chi connectivity index (χ1v) is 11.2. The van der Waals surface area contributed by atoms with Crippen LogP contribution in [-0.4, -0.2) is 39.1 Å². The summed E-state index contributed by atoms with van der Waals surface area (Å²) in [6, 6.07) is 21.5. The fraction of sp³-hybridized carbons (Fsp3) is 0.148. The monoisotopic (exact) mass is 484 g/mol. The number of benzene rings is 2. The van der Waals surface area contributed by atoms with E-state index in [2.05, 4.69) is 20.3 Å². The number of ether oxygens (including phenoxy) is 2. The maximum atomic E-state index is 11.7. The Morgan fingerprint density at radius 1 is 0.944 bits per heavy atom. The van der Waals surface area contributed by atoms with Crippen molar-refractivity contribution in [2.75, 3.05) is 12.4 Å². The van der Waals surface area contributed by atoms with Gasteiger partial charge in [0, 0.05) is 24.9 Å². The molecule has 9 nitrogen and oxygen atoms in total. The second-order valence-corrected chi connectivity index (χ2v) is 7.84. The highest BCUT2D eigenvalue weighted by Crippen LogP contribution is 2.29. The summed E-state index contributed by atoms with van der Waals surface area (Å²) in [5.74, 6) is -0.662. The van der Waals surface area contributed by atoms with Crippen molar-refractivity contribution in [2.45, 2.75) is 18.9 Å². The van der Waals surface area contributed by atoms with Gasteiger partial charge >= 0.3 is 17.9 Å². The van der Waals surface area contributed by atoms with Gasteiger partial charge in [-0.3, -0.25) is 4.79 Å². The molecule has 0 aliphatic rings. The van der Waals surface area contributed by atoms with E-state index in [1.165, 1.54) is 13.3 Å². The first-order chi connectivity index (χ1) is 17.5. The molecule has 4 rings (SSSR count). The molecule has 0 radical (unpaired) electrons. The molecular formula is C27H24N4O5. The van der Waals surface area contributed by atoms with Crippen LogP contribution in [0.2, 0.25) is 0 Å². The van der Waals surface area contributed by atoms with Crippen LogP contribution in [0.5, 0.6) is 11.8 Å². The number of carboxylic acids is 1. The van der Waals surface area contributed by atoms with Gasteiger partial charge in [-0.25, -0.2) is 14.8 Å². The predicted molar refractivity (Wildman–Crippen MR) is 132 cm³/mol. The number of nitrogens with one attached hydrogen (secondary N) is 1. The van der Waals surface area contributed by atoms with Crippen molar-refractivity contribution in [3.8, 4) is 11.8 Å². The van der Waals surface area contributed by atoms with E-state index in [0.717, 1.165) is 11.4 Å². The minimum Gasteiger partial charge on any atom is -0.481 e. The molecule has 0 aliphatic heterocycles. The van der Waals surface area contributed by atoms with Crippen LogP contribution < -0.4 is 10.1 Å². The molecule has 0 fully saturated rings. The fourth-order valence-corrected chi connectivity index (χ4v) is 3.58. The van der Waals surface area contributed by atoms with Gasteiger partial charge in [-0.15, -0.1) is 0 Å². The maximum Gasteiger partial charge on any atom is 0.337 e. The van der Waals surface area contributed by atoms with Gasteiger partial charge in [-0.05, 0) is 53.6 Å². The molecule has 0 amide bonds. The molecule has 0 spiro atoms. The molecule has 0 aliphatic carbocycles. The predicted octanol–water partition coefficient (Wildman–Crippen LogP) is 4.67. The average Bonchev–Trinajstić information content (AvgIpc) is 2.91. The van der Waals surface area contributed by atoms with Crippen LogP contribution in [0.4, 0.5) is 5.82 Å². The summed E-state index contributed by atoms with van der Waals surface area (Å²) < 4.78 is 10.6. The van der Waals surface area contributed by atoms with Crippen LogP contribution >= 0.6 is 0 Å². The van der Waals surface area contributed by atoms with Crippen LogP contribution in [0.25, 0.3) is 0 Å². The smallest absolute Gasteiger partial charge is 0.337 e. The lowest BCUT2D eigenvalue weighted by atomic mass is 9.91. The number of hydrogen-bond acceptors (Lipinski definition) is 8. The number of carbonyl (C=O) groups is 2. The van der Waals surface area contributed by atoms with E-state index in [4.69, 9.17) is 9.47 Å². The minimum absolute atomic E-state index is 0.105. The number of methoxy groups -OCH3 is 1. The molecular weight excluding hydrogens is 460 g/mol. The Labute approximate surface area is 207 Å². The number of carbonyl (C=O) groups excluding carboxylic acids is 1. The zero-order valence-electron chi connectivity index (χ0n) is 19.5. The van der Waals surface area contributed by atoms with E-state index in [9.17, 15) is 14.7 Å². The van der Waals surface area contributed by atoms with Crippen LogP contribution in [0.1, 0.15) is 39.5 Å². The van der Waals surface area contributed by atoms with Gasteiger partial charge in [0.1, 0.15) is 11.6 Å². The van der Waals surface area contributed by atoms with Gasteiger partial charge in [-0.2, -0.15) is 4.98 Å². The third-order valence-corrected chi connectivity index (χ3v) is 5.40. The quantitative estimate of drug-likeness (QED) is 0.309. The summed E-state index contributed by atoms with van der Waals surface area (Å²) in [6.07, 6.45) is 3.07. The second kappa shape index (κ2) is 11.6. The van der Waals surface area contributed by atoms with Crippen molar-refractivity contribution in [1.29, 1.82) is 0 Å². The van der Waals surface area contributed by atoms with E-state index in [1.54, 1.807) is 36.5 Å². The molecule has 9 heteroatoms. The molecule has 0 saturated carbocycles. The van der Waals surface area contributed by atoms with Gasteiger partial charge in [0.2, 0.25) is 0 Å². The van der Waals surface area contributed by atoms with E-state index in [-0.39, 0.29) is 12.4 Å². The first-order valence-electron chi connectivity index (χ1n) is 11.2. The van der Waals surface area contributed by atoms with Crippen molar-refractivity contribution in [2.24, 2.45) is 0 Å². The zero-order chi connectivity index (χ0) is 25.3. The molecule has 2 N–H and O–H groups in total. The Morgan fingerprint density at radius 2 is 1.72 bits per heavy atom. The minimum atomic E-state index is -0.979. The van der Waals surface area contributed by atoms with Crippen LogP contribution in [0.15, 0.2) is 85.2 Å². The number of carboxylic acid groups (broad SMARTS) is 1. The number of pyridine rings is 1. The SMILES string of the molecule is COC(=O)c1ccc(C(CC(=O)O)c2ccnc(Oc3ccc(CNc4ccccn4)cc3)n2)cc1. The Balaban J connectivity index is 1.47. The normalized spacial score (nSPS) is 11.4. The Kier molecular flexibility index (Phi) is 7.82. The number of anilines is 1. The highest BCUT2D eigenvalue weighted by Gasteiger charge is 2.21. The molecule has 1 unspecified atom stereocenters. The number of aliphatic carboxylic acids is 1. The van der Waals surface area contributed by atoms with Crippen molar-refractivity contribution < 1.29 is 24.2 Å². The Bertz CT molecular complexity index is 1310. The number of aromatic nitrogens is 3. The van der Waals surface area contributed by atoms with E-state index in [1.807, 2.05) is 42.5 Å². The maximum absolute atomic E-state index is 11.7. The van der Waals surface area contributed by atoms with E-state index < -0.39 is 17.9 Å². The molecule has 1 atom stereocenters. The highest BCUT2D eigenvalue weighted by atomic mass is 16.5. The molecule has 2 aromatic heterocycles. The third kappa shape index (κ3) is 6.41. The lowest BCUT2D eigenvalue weighted by Crippen LogP contribution is -2.11. The Morgan fingerprint density at radius 3 is 2.39 bits per heavy atom. The van der Waals surface area contributed by atoms with Crippen LogP contribution in [-0.2, 0) is 16.1 Å². The lowest BCUT2D eigenvalue weighted by molar-refractivity contribution is -0.137. The molecule has 4 aromatic rings. The summed E-state index contributed by atoms with van der Waals surface area (Å²) in [5, 5.41) is 12.7. The van der Waals surface area contributed by atoms with Crippen LogP contribution in [0, 0.1) is 0 Å². The topological polar surface area (TPSA) is 124 Å². The van der Waals surface area contributed by atoms with E-state index >= 15 is 0 Å². The third-order valence-electron chi connectivity index (χ3n) is 5.40. The van der Waals surface area contributed by atoms with Crippen molar-refractivity contribution in [3.63, 3.8) is 0 Å². The molecule has 0 saturated heterocycles. The van der Waals surface area contributed by atoms with Crippen LogP contribution in [0.3, 0.4) is 0 Å². The summed E-state index contributed by atoms with van der Waals surface area (Å²) in [4.78, 5) is 36.2. The molecule has 182 valence electrons. The van der Waals surface area contributed by atoms with E-state index in [0.29, 0.717) is 29.1 Å². The van der Waals surface area contributed by atoms with Crippen molar-refractivity contribution in [3.05, 3.63) is 108 Å². The van der Waals surface area contributed by atoms with Crippen molar-refractivity contribution >= 4 is 17.8 Å².